The number of hydrogen-bond donors (Lipinski definition) is 1. The summed E-state index contributed by atoms with van der Waals surface area (Å²) in [6.45, 7) is 6.63. The average molecular weight is 277 g/mol. The summed E-state index contributed by atoms with van der Waals surface area (Å²) in [5.74, 6) is -0.289. The van der Waals surface area contributed by atoms with Gasteiger partial charge in [-0.3, -0.25) is 0 Å². The summed E-state index contributed by atoms with van der Waals surface area (Å²) in [6.07, 6.45) is 2.15. The van der Waals surface area contributed by atoms with Crippen LogP contribution in [-0.4, -0.2) is 35.1 Å². The maximum Gasteiger partial charge on any atom is 0.295 e. The molecule has 108 valence electrons. The number of hydrogen-bond acceptors (Lipinski definition) is 4. The van der Waals surface area contributed by atoms with E-state index in [9.17, 15) is 4.39 Å². The van der Waals surface area contributed by atoms with E-state index in [4.69, 9.17) is 4.42 Å². The maximum absolute atomic E-state index is 13.1. The molecule has 1 aliphatic heterocycles. The lowest BCUT2D eigenvalue weighted by atomic mass is 10.0. The van der Waals surface area contributed by atoms with Gasteiger partial charge in [0.25, 0.3) is 6.01 Å². The zero-order valence-electron chi connectivity index (χ0n) is 11.9. The van der Waals surface area contributed by atoms with E-state index in [1.54, 1.807) is 6.07 Å². The summed E-state index contributed by atoms with van der Waals surface area (Å²) in [5, 5.41) is 3.32. The SMILES string of the molecule is CC(C)N1CCC(Nc2nc3cc(F)ccc3o2)CC1. The number of nitrogens with zero attached hydrogens (tertiary/aromatic N) is 2. The second-order valence-corrected chi connectivity index (χ2v) is 5.68. The quantitative estimate of drug-likeness (QED) is 0.935. The molecule has 0 unspecified atom stereocenters. The third-order valence-electron chi connectivity index (χ3n) is 3.94. The standard InChI is InChI=1S/C15H20FN3O/c1-10(2)19-7-5-12(6-8-19)17-15-18-13-9-11(16)3-4-14(13)20-15/h3-4,9-10,12H,5-8H2,1-2H3,(H,17,18). The Morgan fingerprint density at radius 3 is 2.80 bits per heavy atom. The molecule has 1 fully saturated rings. The molecule has 0 amide bonds. The Hall–Kier alpha value is -1.62. The topological polar surface area (TPSA) is 41.3 Å². The first-order chi connectivity index (χ1) is 9.61. The summed E-state index contributed by atoms with van der Waals surface area (Å²) >= 11 is 0. The minimum atomic E-state index is -0.289. The minimum absolute atomic E-state index is 0.289. The summed E-state index contributed by atoms with van der Waals surface area (Å²) in [6, 6.07) is 5.87. The van der Waals surface area contributed by atoms with E-state index in [-0.39, 0.29) is 5.82 Å². The van der Waals surface area contributed by atoms with Crippen molar-refractivity contribution in [2.75, 3.05) is 18.4 Å². The zero-order chi connectivity index (χ0) is 14.1. The molecule has 1 aromatic carbocycles. The van der Waals surface area contributed by atoms with E-state index in [1.165, 1.54) is 12.1 Å². The Kier molecular flexibility index (Phi) is 3.61. The molecule has 0 saturated carbocycles. The van der Waals surface area contributed by atoms with Crippen LogP contribution in [0.5, 0.6) is 0 Å². The van der Waals surface area contributed by atoms with Crippen LogP contribution in [0.25, 0.3) is 11.1 Å². The molecule has 1 aliphatic rings. The number of piperidine rings is 1. The molecule has 0 atom stereocenters. The maximum atomic E-state index is 13.1. The van der Waals surface area contributed by atoms with Gasteiger partial charge in [-0.2, -0.15) is 4.98 Å². The Morgan fingerprint density at radius 1 is 1.35 bits per heavy atom. The summed E-state index contributed by atoms with van der Waals surface area (Å²) in [7, 11) is 0. The van der Waals surface area contributed by atoms with E-state index in [1.807, 2.05) is 0 Å². The Labute approximate surface area is 118 Å². The van der Waals surface area contributed by atoms with Gasteiger partial charge in [0.15, 0.2) is 5.58 Å². The van der Waals surface area contributed by atoms with E-state index in [0.29, 0.717) is 29.2 Å². The van der Waals surface area contributed by atoms with Gasteiger partial charge in [0.05, 0.1) is 0 Å². The van der Waals surface area contributed by atoms with Crippen LogP contribution in [0.3, 0.4) is 0 Å². The number of nitrogens with one attached hydrogen (secondary N) is 1. The van der Waals surface area contributed by atoms with Crippen molar-refractivity contribution in [3.63, 3.8) is 0 Å². The van der Waals surface area contributed by atoms with Crippen LogP contribution < -0.4 is 5.32 Å². The molecule has 20 heavy (non-hydrogen) atoms. The first-order valence-electron chi connectivity index (χ1n) is 7.18. The van der Waals surface area contributed by atoms with Gasteiger partial charge in [0.2, 0.25) is 0 Å². The van der Waals surface area contributed by atoms with Crippen molar-refractivity contribution in [3.05, 3.63) is 24.0 Å². The van der Waals surface area contributed by atoms with Crippen molar-refractivity contribution in [3.8, 4) is 0 Å². The Balaban J connectivity index is 1.65. The lowest BCUT2D eigenvalue weighted by molar-refractivity contribution is 0.176. The molecule has 0 radical (unpaired) electrons. The van der Waals surface area contributed by atoms with Crippen LogP contribution in [-0.2, 0) is 0 Å². The van der Waals surface area contributed by atoms with Crippen LogP contribution >= 0.6 is 0 Å². The van der Waals surface area contributed by atoms with Crippen molar-refractivity contribution in [1.82, 2.24) is 9.88 Å². The average Bonchev–Trinajstić information content (AvgIpc) is 2.80. The molecule has 1 N–H and O–H groups in total. The first-order valence-corrected chi connectivity index (χ1v) is 7.18. The number of oxazole rings is 1. The number of fused-ring (bicyclic) bond motifs is 1. The van der Waals surface area contributed by atoms with Gasteiger partial charge in [0.1, 0.15) is 11.3 Å². The van der Waals surface area contributed by atoms with E-state index >= 15 is 0 Å². The zero-order valence-corrected chi connectivity index (χ0v) is 11.9. The van der Waals surface area contributed by atoms with Gasteiger partial charge in [0, 0.05) is 31.2 Å². The van der Waals surface area contributed by atoms with Crippen molar-refractivity contribution in [2.45, 2.75) is 38.8 Å². The van der Waals surface area contributed by atoms with Crippen molar-refractivity contribution < 1.29 is 8.81 Å². The third-order valence-corrected chi connectivity index (χ3v) is 3.94. The minimum Gasteiger partial charge on any atom is -0.424 e. The molecule has 1 aromatic heterocycles. The van der Waals surface area contributed by atoms with Crippen LogP contribution in [0, 0.1) is 5.82 Å². The van der Waals surface area contributed by atoms with E-state index < -0.39 is 0 Å². The molecule has 1 saturated heterocycles. The second kappa shape index (κ2) is 5.40. The molecule has 4 nitrogen and oxygen atoms in total. The van der Waals surface area contributed by atoms with Gasteiger partial charge < -0.3 is 14.6 Å². The molecule has 0 spiro atoms. The molecule has 0 bridgehead atoms. The highest BCUT2D eigenvalue weighted by Crippen LogP contribution is 2.22. The number of rotatable bonds is 3. The van der Waals surface area contributed by atoms with Crippen LogP contribution in [0.4, 0.5) is 10.4 Å². The van der Waals surface area contributed by atoms with Gasteiger partial charge in [-0.05, 0) is 38.8 Å². The lowest BCUT2D eigenvalue weighted by Crippen LogP contribution is -2.42. The molecular weight excluding hydrogens is 257 g/mol. The van der Waals surface area contributed by atoms with Crippen molar-refractivity contribution in [2.24, 2.45) is 0 Å². The smallest absolute Gasteiger partial charge is 0.295 e. The predicted octanol–water partition coefficient (Wildman–Crippen LogP) is 3.25. The molecule has 3 rings (SSSR count). The van der Waals surface area contributed by atoms with Crippen molar-refractivity contribution in [1.29, 1.82) is 0 Å². The third kappa shape index (κ3) is 2.77. The van der Waals surface area contributed by atoms with Crippen molar-refractivity contribution >= 4 is 17.1 Å². The summed E-state index contributed by atoms with van der Waals surface area (Å²) in [5.41, 5.74) is 1.18. The second-order valence-electron chi connectivity index (χ2n) is 5.68. The summed E-state index contributed by atoms with van der Waals surface area (Å²) in [4.78, 5) is 6.76. The monoisotopic (exact) mass is 277 g/mol. The molecule has 2 aromatic rings. The number of anilines is 1. The number of aromatic nitrogens is 1. The summed E-state index contributed by atoms with van der Waals surface area (Å²) < 4.78 is 18.7. The van der Waals surface area contributed by atoms with Crippen LogP contribution in [0.1, 0.15) is 26.7 Å². The first kappa shape index (κ1) is 13.4. The number of benzene rings is 1. The van der Waals surface area contributed by atoms with Gasteiger partial charge >= 0.3 is 0 Å². The highest BCUT2D eigenvalue weighted by Gasteiger charge is 2.21. The molecule has 2 heterocycles. The van der Waals surface area contributed by atoms with Gasteiger partial charge in [-0.25, -0.2) is 4.39 Å². The normalized spacial score (nSPS) is 18.0. The largest absolute Gasteiger partial charge is 0.424 e. The fraction of sp³-hybridized carbons (Fsp3) is 0.533. The molecule has 5 heteroatoms. The van der Waals surface area contributed by atoms with Gasteiger partial charge in [-0.1, -0.05) is 0 Å². The number of halogens is 1. The number of likely N-dealkylation sites (tertiary alicyclic amines) is 1. The lowest BCUT2D eigenvalue weighted by Gasteiger charge is -2.34. The van der Waals surface area contributed by atoms with Crippen LogP contribution in [0.15, 0.2) is 22.6 Å². The highest BCUT2D eigenvalue weighted by atomic mass is 19.1. The highest BCUT2D eigenvalue weighted by molar-refractivity contribution is 5.74. The Bertz CT molecular complexity index is 588. The van der Waals surface area contributed by atoms with Crippen LogP contribution in [0.2, 0.25) is 0 Å². The van der Waals surface area contributed by atoms with E-state index in [0.717, 1.165) is 25.9 Å². The predicted molar refractivity (Wildman–Crippen MR) is 77.3 cm³/mol. The van der Waals surface area contributed by atoms with Gasteiger partial charge in [-0.15, -0.1) is 0 Å². The Morgan fingerprint density at radius 2 is 2.10 bits per heavy atom. The fourth-order valence-electron chi connectivity index (χ4n) is 2.70. The van der Waals surface area contributed by atoms with E-state index in [2.05, 4.69) is 29.0 Å². The molecular formula is C15H20FN3O. The fourth-order valence-corrected chi connectivity index (χ4v) is 2.70. The molecule has 0 aliphatic carbocycles.